The molecule has 1 amide bonds. The van der Waals surface area contributed by atoms with Gasteiger partial charge in [0.25, 0.3) is 5.89 Å². The topological polar surface area (TPSA) is 68.0 Å². The number of anilines is 1. The van der Waals surface area contributed by atoms with Crippen LogP contribution in [0.5, 0.6) is 0 Å². The number of nitrogens with one attached hydrogen (secondary N) is 1. The molecular formula is C20H21N3O2. The highest BCUT2D eigenvalue weighted by molar-refractivity contribution is 5.96. The van der Waals surface area contributed by atoms with E-state index in [0.717, 1.165) is 24.0 Å². The fourth-order valence-corrected chi connectivity index (χ4v) is 2.71. The highest BCUT2D eigenvalue weighted by Gasteiger charge is 2.18. The maximum Gasteiger partial charge on any atom is 0.260 e. The summed E-state index contributed by atoms with van der Waals surface area (Å²) in [6.45, 7) is 4.04. The van der Waals surface area contributed by atoms with Crippen LogP contribution < -0.4 is 5.32 Å². The largest absolute Gasteiger partial charge is 0.334 e. The lowest BCUT2D eigenvalue weighted by Gasteiger charge is -2.14. The number of hydrogen-bond donors (Lipinski definition) is 1. The third kappa shape index (κ3) is 3.76. The summed E-state index contributed by atoms with van der Waals surface area (Å²) in [5, 5.41) is 7.04. The molecule has 0 fully saturated rings. The molecule has 0 spiro atoms. The first-order valence-corrected chi connectivity index (χ1v) is 8.52. The first-order chi connectivity index (χ1) is 12.2. The second-order valence-electron chi connectivity index (χ2n) is 5.84. The molecule has 128 valence electrons. The SMILES string of the molecule is CCC(CC)C(=O)Nc1ccccc1-c1nc(-c2ccccc2)no1. The summed E-state index contributed by atoms with van der Waals surface area (Å²) in [5.41, 5.74) is 2.29. The average Bonchev–Trinajstić information content (AvgIpc) is 3.14. The van der Waals surface area contributed by atoms with Crippen LogP contribution in [-0.4, -0.2) is 16.0 Å². The number of hydrogen-bond acceptors (Lipinski definition) is 4. The van der Waals surface area contributed by atoms with E-state index in [0.29, 0.717) is 17.4 Å². The number of para-hydroxylation sites is 1. The summed E-state index contributed by atoms with van der Waals surface area (Å²) in [6, 6.07) is 17.1. The van der Waals surface area contributed by atoms with Crippen molar-refractivity contribution in [2.24, 2.45) is 5.92 Å². The average molecular weight is 335 g/mol. The Balaban J connectivity index is 1.89. The molecule has 3 aromatic rings. The van der Waals surface area contributed by atoms with Crippen LogP contribution in [0.15, 0.2) is 59.1 Å². The van der Waals surface area contributed by atoms with E-state index in [1.807, 2.05) is 68.4 Å². The number of carbonyl (C=O) groups is 1. The number of benzene rings is 2. The van der Waals surface area contributed by atoms with Gasteiger partial charge in [0.05, 0.1) is 11.3 Å². The van der Waals surface area contributed by atoms with Gasteiger partial charge in [0, 0.05) is 11.5 Å². The van der Waals surface area contributed by atoms with Gasteiger partial charge in [-0.05, 0) is 25.0 Å². The molecule has 0 aliphatic heterocycles. The van der Waals surface area contributed by atoms with Crippen LogP contribution in [0.4, 0.5) is 5.69 Å². The molecule has 0 unspecified atom stereocenters. The van der Waals surface area contributed by atoms with E-state index in [9.17, 15) is 4.79 Å². The van der Waals surface area contributed by atoms with Crippen LogP contribution in [-0.2, 0) is 4.79 Å². The number of aromatic nitrogens is 2. The predicted octanol–water partition coefficient (Wildman–Crippen LogP) is 4.78. The quantitative estimate of drug-likeness (QED) is 0.704. The second-order valence-corrected chi connectivity index (χ2v) is 5.84. The fourth-order valence-electron chi connectivity index (χ4n) is 2.71. The van der Waals surface area contributed by atoms with Crippen molar-refractivity contribution in [2.75, 3.05) is 5.32 Å². The van der Waals surface area contributed by atoms with Gasteiger partial charge < -0.3 is 9.84 Å². The van der Waals surface area contributed by atoms with Crippen molar-refractivity contribution < 1.29 is 9.32 Å². The Morgan fingerprint density at radius 2 is 1.72 bits per heavy atom. The number of carbonyl (C=O) groups excluding carboxylic acids is 1. The molecule has 0 aliphatic rings. The molecule has 0 saturated carbocycles. The zero-order chi connectivity index (χ0) is 17.6. The monoisotopic (exact) mass is 335 g/mol. The fraction of sp³-hybridized carbons (Fsp3) is 0.250. The first kappa shape index (κ1) is 16.9. The molecule has 5 nitrogen and oxygen atoms in total. The van der Waals surface area contributed by atoms with Crippen molar-refractivity contribution in [2.45, 2.75) is 26.7 Å². The minimum atomic E-state index is -0.00405. The van der Waals surface area contributed by atoms with Gasteiger partial charge >= 0.3 is 0 Å². The number of amides is 1. The lowest BCUT2D eigenvalue weighted by Crippen LogP contribution is -2.21. The first-order valence-electron chi connectivity index (χ1n) is 8.52. The molecule has 1 heterocycles. The maximum absolute atomic E-state index is 12.4. The number of nitrogens with zero attached hydrogens (tertiary/aromatic N) is 2. The Hall–Kier alpha value is -2.95. The molecule has 1 aromatic heterocycles. The highest BCUT2D eigenvalue weighted by Crippen LogP contribution is 2.29. The molecule has 3 rings (SSSR count). The highest BCUT2D eigenvalue weighted by atomic mass is 16.5. The lowest BCUT2D eigenvalue weighted by atomic mass is 10.0. The van der Waals surface area contributed by atoms with Crippen molar-refractivity contribution in [1.29, 1.82) is 0 Å². The van der Waals surface area contributed by atoms with Gasteiger partial charge in [0.1, 0.15) is 0 Å². The molecule has 0 atom stereocenters. The molecule has 2 aromatic carbocycles. The van der Waals surface area contributed by atoms with Crippen LogP contribution >= 0.6 is 0 Å². The minimum absolute atomic E-state index is 0.00405. The Morgan fingerprint density at radius 3 is 2.44 bits per heavy atom. The van der Waals surface area contributed by atoms with Gasteiger partial charge in [-0.2, -0.15) is 4.98 Å². The normalized spacial score (nSPS) is 10.8. The van der Waals surface area contributed by atoms with Gasteiger partial charge in [0.2, 0.25) is 11.7 Å². The molecule has 25 heavy (non-hydrogen) atoms. The molecule has 0 radical (unpaired) electrons. The summed E-state index contributed by atoms with van der Waals surface area (Å²) >= 11 is 0. The van der Waals surface area contributed by atoms with Gasteiger partial charge in [-0.15, -0.1) is 0 Å². The smallest absolute Gasteiger partial charge is 0.260 e. The maximum atomic E-state index is 12.4. The molecular weight excluding hydrogens is 314 g/mol. The van der Waals surface area contributed by atoms with E-state index >= 15 is 0 Å². The van der Waals surface area contributed by atoms with E-state index in [1.54, 1.807) is 0 Å². The Kier molecular flexibility index (Phi) is 5.23. The van der Waals surface area contributed by atoms with Crippen molar-refractivity contribution in [1.82, 2.24) is 10.1 Å². The molecule has 0 bridgehead atoms. The molecule has 0 aliphatic carbocycles. The zero-order valence-corrected chi connectivity index (χ0v) is 14.4. The van der Waals surface area contributed by atoms with Crippen LogP contribution in [0, 0.1) is 5.92 Å². The van der Waals surface area contributed by atoms with Crippen LogP contribution in [0.2, 0.25) is 0 Å². The zero-order valence-electron chi connectivity index (χ0n) is 14.4. The van der Waals surface area contributed by atoms with Crippen LogP contribution in [0.3, 0.4) is 0 Å². The van der Waals surface area contributed by atoms with Gasteiger partial charge in [-0.1, -0.05) is 61.5 Å². The van der Waals surface area contributed by atoms with Gasteiger partial charge in [-0.3, -0.25) is 4.79 Å². The Bertz CT molecular complexity index is 839. The molecule has 5 heteroatoms. The van der Waals surface area contributed by atoms with Gasteiger partial charge in [0.15, 0.2) is 0 Å². The summed E-state index contributed by atoms with van der Waals surface area (Å²) < 4.78 is 5.43. The third-order valence-corrected chi connectivity index (χ3v) is 4.23. The van der Waals surface area contributed by atoms with Gasteiger partial charge in [-0.25, -0.2) is 0 Å². The second kappa shape index (κ2) is 7.75. The molecule has 0 saturated heterocycles. The summed E-state index contributed by atoms with van der Waals surface area (Å²) in [6.07, 6.45) is 1.62. The van der Waals surface area contributed by atoms with Crippen molar-refractivity contribution in [3.8, 4) is 22.8 Å². The Morgan fingerprint density at radius 1 is 1.04 bits per heavy atom. The van der Waals surface area contributed by atoms with E-state index in [4.69, 9.17) is 4.52 Å². The summed E-state index contributed by atoms with van der Waals surface area (Å²) in [5.74, 6) is 0.923. The van der Waals surface area contributed by atoms with E-state index in [1.165, 1.54) is 0 Å². The van der Waals surface area contributed by atoms with E-state index in [-0.39, 0.29) is 11.8 Å². The third-order valence-electron chi connectivity index (χ3n) is 4.23. The van der Waals surface area contributed by atoms with E-state index in [2.05, 4.69) is 15.5 Å². The minimum Gasteiger partial charge on any atom is -0.334 e. The van der Waals surface area contributed by atoms with Crippen molar-refractivity contribution in [3.05, 3.63) is 54.6 Å². The van der Waals surface area contributed by atoms with Crippen molar-refractivity contribution in [3.63, 3.8) is 0 Å². The van der Waals surface area contributed by atoms with Crippen LogP contribution in [0.1, 0.15) is 26.7 Å². The number of rotatable bonds is 6. The van der Waals surface area contributed by atoms with Crippen molar-refractivity contribution >= 4 is 11.6 Å². The summed E-state index contributed by atoms with van der Waals surface area (Å²) in [4.78, 5) is 16.9. The molecule has 1 N–H and O–H groups in total. The standard InChI is InChI=1S/C20H21N3O2/c1-3-14(4-2)19(24)21-17-13-9-8-12-16(17)20-22-18(23-25-20)15-10-6-5-7-11-15/h5-14H,3-4H2,1-2H3,(H,21,24). The van der Waals surface area contributed by atoms with Crippen LogP contribution in [0.25, 0.3) is 22.8 Å². The lowest BCUT2D eigenvalue weighted by molar-refractivity contribution is -0.120. The Labute approximate surface area is 147 Å². The summed E-state index contributed by atoms with van der Waals surface area (Å²) in [7, 11) is 0. The van der Waals surface area contributed by atoms with E-state index < -0.39 is 0 Å². The predicted molar refractivity (Wildman–Crippen MR) is 97.9 cm³/mol.